The van der Waals surface area contributed by atoms with Gasteiger partial charge in [-0.05, 0) is 78.4 Å². The van der Waals surface area contributed by atoms with Gasteiger partial charge in [-0.25, -0.2) is 4.39 Å². The van der Waals surface area contributed by atoms with Crippen LogP contribution in [0.2, 0.25) is 0 Å². The maximum Gasteiger partial charge on any atom is 0.247 e. The highest BCUT2D eigenvalue weighted by atomic mass is 19.1. The van der Waals surface area contributed by atoms with Gasteiger partial charge in [0, 0.05) is 38.6 Å². The first-order chi connectivity index (χ1) is 16.4. The molecule has 1 saturated carbocycles. The van der Waals surface area contributed by atoms with Crippen LogP contribution in [-0.4, -0.2) is 42.9 Å². The van der Waals surface area contributed by atoms with Gasteiger partial charge in [-0.1, -0.05) is 0 Å². The van der Waals surface area contributed by atoms with Crippen LogP contribution in [0.15, 0.2) is 48.4 Å². The third-order valence-corrected chi connectivity index (χ3v) is 6.63. The molecule has 1 unspecified atom stereocenters. The van der Waals surface area contributed by atoms with Crippen molar-refractivity contribution < 1.29 is 14.0 Å². The number of hydrogen-bond acceptors (Lipinski definition) is 6. The topological polar surface area (TPSA) is 123 Å². The molecule has 2 fully saturated rings. The maximum atomic E-state index is 14.2. The van der Waals surface area contributed by atoms with Crippen LogP contribution in [0.25, 0.3) is 5.57 Å². The number of nitriles is 1. The number of allylic oxidation sites excluding steroid dienone is 1. The Hall–Kier alpha value is -3.64. The van der Waals surface area contributed by atoms with E-state index in [9.17, 15) is 19.2 Å². The van der Waals surface area contributed by atoms with Crippen molar-refractivity contribution >= 4 is 17.4 Å². The molecule has 2 aliphatic heterocycles. The average molecular weight is 465 g/mol. The normalized spacial score (nSPS) is 24.4. The van der Waals surface area contributed by atoms with Crippen LogP contribution >= 0.6 is 0 Å². The van der Waals surface area contributed by atoms with Crippen molar-refractivity contribution in [3.63, 3.8) is 0 Å². The molecule has 34 heavy (non-hydrogen) atoms. The summed E-state index contributed by atoms with van der Waals surface area (Å²) in [6.45, 7) is 0.835. The van der Waals surface area contributed by atoms with Gasteiger partial charge in [0.25, 0.3) is 0 Å². The highest BCUT2D eigenvalue weighted by Crippen LogP contribution is 2.51. The van der Waals surface area contributed by atoms with Gasteiger partial charge in [0.05, 0.1) is 6.07 Å². The molecule has 0 spiro atoms. The van der Waals surface area contributed by atoms with Gasteiger partial charge >= 0.3 is 0 Å². The standard InChI is InChI=1S/C25H29FN6O2/c1-29-14-18(12-27)17-8-16(9-20(26)10-17)13-31-23(33)22-11-21(4-6-30-22)32-7-5-25(15-28,24(32)34)19-2-3-19/h4,6,8-11,14,19,22,29-30H,2-3,5,7,12-13,27H2,1H3,(H,31,33)/b18-14+/t22?,25-/m1/s1. The van der Waals surface area contributed by atoms with E-state index < -0.39 is 17.3 Å². The fraction of sp³-hybridized carbons (Fsp3) is 0.400. The lowest BCUT2D eigenvalue weighted by Crippen LogP contribution is -2.43. The first-order valence-corrected chi connectivity index (χ1v) is 11.4. The number of nitrogens with two attached hydrogens (primary N) is 1. The van der Waals surface area contributed by atoms with Crippen LogP contribution < -0.4 is 21.7 Å². The van der Waals surface area contributed by atoms with E-state index in [0.29, 0.717) is 29.8 Å². The number of hydrogen-bond donors (Lipinski definition) is 4. The molecule has 1 aromatic carbocycles. The molecule has 4 rings (SSSR count). The monoisotopic (exact) mass is 464 g/mol. The molecule has 1 aliphatic carbocycles. The lowest BCUT2D eigenvalue weighted by molar-refractivity contribution is -0.132. The van der Waals surface area contributed by atoms with E-state index in [-0.39, 0.29) is 30.8 Å². The molecular formula is C25H29FN6O2. The lowest BCUT2D eigenvalue weighted by atomic mass is 9.83. The number of nitrogens with one attached hydrogen (secondary N) is 3. The van der Waals surface area contributed by atoms with E-state index in [1.807, 2.05) is 0 Å². The SMILES string of the molecule is CN/C=C(\CN)c1cc(F)cc(CNC(=O)C2C=C(N3CC[C@@](C#N)(C4CC4)C3=O)C=CN2)c1. The largest absolute Gasteiger partial charge is 0.394 e. The zero-order valence-corrected chi connectivity index (χ0v) is 19.1. The number of likely N-dealkylation sites (tertiary alicyclic amines) is 1. The van der Waals surface area contributed by atoms with Crippen molar-refractivity contribution in [3.05, 3.63) is 65.4 Å². The molecule has 1 saturated heterocycles. The predicted octanol–water partition coefficient (Wildman–Crippen LogP) is 1.48. The molecule has 2 amide bonds. The molecule has 178 valence electrons. The highest BCUT2D eigenvalue weighted by molar-refractivity contribution is 5.91. The summed E-state index contributed by atoms with van der Waals surface area (Å²) in [6, 6.07) is 6.15. The minimum Gasteiger partial charge on any atom is -0.394 e. The average Bonchev–Trinajstić information content (AvgIpc) is 3.64. The zero-order valence-electron chi connectivity index (χ0n) is 19.1. The molecule has 3 aliphatic rings. The minimum absolute atomic E-state index is 0.133. The third kappa shape index (κ3) is 4.54. The molecule has 9 heteroatoms. The Bertz CT molecular complexity index is 1120. The summed E-state index contributed by atoms with van der Waals surface area (Å²) in [7, 11) is 1.74. The number of amides is 2. The van der Waals surface area contributed by atoms with Crippen LogP contribution in [0.3, 0.4) is 0 Å². The second-order valence-electron chi connectivity index (χ2n) is 8.86. The molecule has 1 aromatic rings. The fourth-order valence-corrected chi connectivity index (χ4v) is 4.65. The minimum atomic E-state index is -0.934. The van der Waals surface area contributed by atoms with E-state index >= 15 is 0 Å². The van der Waals surface area contributed by atoms with Crippen molar-refractivity contribution in [1.29, 1.82) is 5.26 Å². The maximum absolute atomic E-state index is 14.2. The Kier molecular flexibility index (Phi) is 6.70. The van der Waals surface area contributed by atoms with E-state index in [1.165, 1.54) is 12.1 Å². The first-order valence-electron chi connectivity index (χ1n) is 11.4. The van der Waals surface area contributed by atoms with Crippen molar-refractivity contribution in [1.82, 2.24) is 20.9 Å². The number of rotatable bonds is 8. The highest BCUT2D eigenvalue weighted by Gasteiger charge is 2.57. The van der Waals surface area contributed by atoms with Crippen molar-refractivity contribution in [2.24, 2.45) is 17.1 Å². The van der Waals surface area contributed by atoms with Crippen molar-refractivity contribution in [3.8, 4) is 6.07 Å². The lowest BCUT2D eigenvalue weighted by Gasteiger charge is -2.25. The summed E-state index contributed by atoms with van der Waals surface area (Å²) in [4.78, 5) is 27.5. The van der Waals surface area contributed by atoms with Gasteiger partial charge in [0.15, 0.2) is 0 Å². The van der Waals surface area contributed by atoms with Crippen LogP contribution in [0.1, 0.15) is 30.4 Å². The number of carbonyl (C=O) groups excluding carboxylic acids is 2. The molecule has 5 N–H and O–H groups in total. The van der Waals surface area contributed by atoms with Crippen LogP contribution in [0, 0.1) is 28.5 Å². The molecule has 2 heterocycles. The van der Waals surface area contributed by atoms with Crippen LogP contribution in [0.4, 0.5) is 4.39 Å². The molecule has 2 atom stereocenters. The summed E-state index contributed by atoms with van der Waals surface area (Å²) >= 11 is 0. The Balaban J connectivity index is 1.43. The second kappa shape index (κ2) is 9.69. The van der Waals surface area contributed by atoms with Gasteiger partial charge in [-0.15, -0.1) is 0 Å². The summed E-state index contributed by atoms with van der Waals surface area (Å²) in [5, 5.41) is 18.4. The number of nitrogens with zero attached hydrogens (tertiary/aromatic N) is 2. The molecule has 0 radical (unpaired) electrons. The molecule has 8 nitrogen and oxygen atoms in total. The Morgan fingerprint density at radius 1 is 1.41 bits per heavy atom. The van der Waals surface area contributed by atoms with Gasteiger partial charge < -0.3 is 26.6 Å². The van der Waals surface area contributed by atoms with E-state index in [0.717, 1.165) is 18.4 Å². The number of benzene rings is 1. The Morgan fingerprint density at radius 3 is 2.88 bits per heavy atom. The van der Waals surface area contributed by atoms with Gasteiger partial charge in [-0.2, -0.15) is 5.26 Å². The summed E-state index contributed by atoms with van der Waals surface area (Å²) < 4.78 is 14.2. The van der Waals surface area contributed by atoms with E-state index in [1.54, 1.807) is 42.6 Å². The van der Waals surface area contributed by atoms with E-state index in [2.05, 4.69) is 22.0 Å². The molecular weight excluding hydrogens is 435 g/mol. The third-order valence-electron chi connectivity index (χ3n) is 6.63. The Labute approximate surface area is 198 Å². The number of halogens is 1. The summed E-state index contributed by atoms with van der Waals surface area (Å²) in [5.41, 5.74) is 7.44. The molecule has 0 aromatic heterocycles. The number of dihydropyridines is 1. The van der Waals surface area contributed by atoms with Gasteiger partial charge in [-0.3, -0.25) is 9.59 Å². The quantitative estimate of drug-likeness (QED) is 0.462. The summed E-state index contributed by atoms with van der Waals surface area (Å²) in [6.07, 6.45) is 9.10. The second-order valence-corrected chi connectivity index (χ2v) is 8.86. The van der Waals surface area contributed by atoms with Gasteiger partial charge in [0.1, 0.15) is 17.3 Å². The first kappa shape index (κ1) is 23.5. The predicted molar refractivity (Wildman–Crippen MR) is 126 cm³/mol. The molecule has 0 bridgehead atoms. The van der Waals surface area contributed by atoms with Crippen molar-refractivity contribution in [2.75, 3.05) is 20.1 Å². The fourth-order valence-electron chi connectivity index (χ4n) is 4.65. The van der Waals surface area contributed by atoms with E-state index in [4.69, 9.17) is 5.73 Å². The smallest absolute Gasteiger partial charge is 0.247 e. The Morgan fingerprint density at radius 2 is 2.21 bits per heavy atom. The van der Waals surface area contributed by atoms with Gasteiger partial charge in [0.2, 0.25) is 11.8 Å². The van der Waals surface area contributed by atoms with Crippen LogP contribution in [-0.2, 0) is 16.1 Å². The van der Waals surface area contributed by atoms with Crippen molar-refractivity contribution in [2.45, 2.75) is 31.8 Å². The summed E-state index contributed by atoms with van der Waals surface area (Å²) in [5.74, 6) is -0.758. The number of carbonyl (C=O) groups is 2. The van der Waals surface area contributed by atoms with Crippen LogP contribution in [0.5, 0.6) is 0 Å². The zero-order chi connectivity index (χ0) is 24.3.